The van der Waals surface area contributed by atoms with Crippen LogP contribution < -0.4 is 0 Å². The highest BCUT2D eigenvalue weighted by molar-refractivity contribution is 5.74. The number of carbonyl (C=O) groups excluding carboxylic acids is 1. The Morgan fingerprint density at radius 3 is 2.14 bits per heavy atom. The third-order valence-corrected chi connectivity index (χ3v) is 2.74. The van der Waals surface area contributed by atoms with Gasteiger partial charge in [0.25, 0.3) is 0 Å². The Kier molecular flexibility index (Phi) is 2.65. The Balaban J connectivity index is 2.85. The molecule has 0 N–H and O–H groups in total. The molecule has 0 unspecified atom stereocenters. The fourth-order valence-electron chi connectivity index (χ4n) is 1.25. The highest BCUT2D eigenvalue weighted by Gasteiger charge is 2.45. The monoisotopic (exact) mass is 200 g/mol. The predicted molar refractivity (Wildman–Crippen MR) is 53.7 cm³/mol. The molecule has 0 spiro atoms. The molecule has 1 aliphatic rings. The lowest BCUT2D eigenvalue weighted by Crippen LogP contribution is -2.52. The van der Waals surface area contributed by atoms with Crippen LogP contribution in [-0.2, 0) is 14.3 Å². The van der Waals surface area contributed by atoms with E-state index < -0.39 is 11.9 Å². The molecule has 0 aromatic carbocycles. The SMILES string of the molecule is C[C@@H]1C(=O)O[C@H](C(C)(C)C)OC1(C)C. The van der Waals surface area contributed by atoms with Crippen LogP contribution >= 0.6 is 0 Å². The molecule has 14 heavy (non-hydrogen) atoms. The van der Waals surface area contributed by atoms with Gasteiger partial charge < -0.3 is 9.47 Å². The van der Waals surface area contributed by atoms with Gasteiger partial charge in [0.15, 0.2) is 0 Å². The van der Waals surface area contributed by atoms with Gasteiger partial charge in [-0.05, 0) is 20.8 Å². The summed E-state index contributed by atoms with van der Waals surface area (Å²) in [7, 11) is 0. The lowest BCUT2D eigenvalue weighted by Gasteiger charge is -2.44. The third kappa shape index (κ3) is 2.08. The maximum Gasteiger partial charge on any atom is 0.313 e. The summed E-state index contributed by atoms with van der Waals surface area (Å²) in [5, 5.41) is 0. The van der Waals surface area contributed by atoms with E-state index in [4.69, 9.17) is 9.47 Å². The van der Waals surface area contributed by atoms with E-state index >= 15 is 0 Å². The van der Waals surface area contributed by atoms with Crippen LogP contribution in [0.2, 0.25) is 0 Å². The van der Waals surface area contributed by atoms with Crippen molar-refractivity contribution in [3.63, 3.8) is 0 Å². The van der Waals surface area contributed by atoms with Crippen LogP contribution in [0, 0.1) is 11.3 Å². The number of esters is 1. The molecule has 0 amide bonds. The van der Waals surface area contributed by atoms with Gasteiger partial charge in [-0.1, -0.05) is 20.8 Å². The van der Waals surface area contributed by atoms with Crippen molar-refractivity contribution in [2.24, 2.45) is 11.3 Å². The molecule has 0 aromatic rings. The predicted octanol–water partition coefficient (Wildman–Crippen LogP) is 2.35. The zero-order chi connectivity index (χ0) is 11.1. The smallest absolute Gasteiger partial charge is 0.313 e. The standard InChI is InChI=1S/C11H20O3/c1-7-8(12)13-9(10(2,3)4)14-11(7,5)6/h7,9H,1-6H3/t7-,9+/m1/s1. The molecule has 0 radical (unpaired) electrons. The van der Waals surface area contributed by atoms with Gasteiger partial charge in [-0.3, -0.25) is 4.79 Å². The first-order valence-electron chi connectivity index (χ1n) is 5.03. The van der Waals surface area contributed by atoms with Gasteiger partial charge in [0.2, 0.25) is 6.29 Å². The van der Waals surface area contributed by atoms with Gasteiger partial charge in [-0.2, -0.15) is 0 Å². The van der Waals surface area contributed by atoms with Crippen LogP contribution in [0.15, 0.2) is 0 Å². The maximum atomic E-state index is 11.6. The number of carbonyl (C=O) groups is 1. The molecule has 82 valence electrons. The van der Waals surface area contributed by atoms with E-state index in [1.54, 1.807) is 0 Å². The average Bonchev–Trinajstić information content (AvgIpc) is 1.97. The second kappa shape index (κ2) is 3.23. The van der Waals surface area contributed by atoms with E-state index in [9.17, 15) is 4.79 Å². The number of rotatable bonds is 0. The molecule has 3 nitrogen and oxygen atoms in total. The lowest BCUT2D eigenvalue weighted by atomic mass is 9.88. The summed E-state index contributed by atoms with van der Waals surface area (Å²) in [6.45, 7) is 11.7. The van der Waals surface area contributed by atoms with Crippen LogP contribution in [0.3, 0.4) is 0 Å². The van der Waals surface area contributed by atoms with Crippen molar-refractivity contribution in [2.45, 2.75) is 53.4 Å². The Labute approximate surface area is 85.8 Å². The van der Waals surface area contributed by atoms with Crippen molar-refractivity contribution < 1.29 is 14.3 Å². The fourth-order valence-corrected chi connectivity index (χ4v) is 1.25. The van der Waals surface area contributed by atoms with E-state index in [2.05, 4.69) is 0 Å². The van der Waals surface area contributed by atoms with Gasteiger partial charge in [-0.15, -0.1) is 0 Å². The quantitative estimate of drug-likeness (QED) is 0.563. The van der Waals surface area contributed by atoms with E-state index in [1.165, 1.54) is 0 Å². The molecule has 0 aromatic heterocycles. The van der Waals surface area contributed by atoms with Gasteiger partial charge in [0.1, 0.15) is 0 Å². The van der Waals surface area contributed by atoms with E-state index in [-0.39, 0.29) is 17.3 Å². The molecule has 1 aliphatic heterocycles. The molecule has 1 saturated heterocycles. The van der Waals surface area contributed by atoms with E-state index in [0.29, 0.717) is 0 Å². The third-order valence-electron chi connectivity index (χ3n) is 2.74. The summed E-state index contributed by atoms with van der Waals surface area (Å²) < 4.78 is 11.0. The molecular weight excluding hydrogens is 180 g/mol. The van der Waals surface area contributed by atoms with Gasteiger partial charge in [-0.25, -0.2) is 0 Å². The number of hydrogen-bond donors (Lipinski definition) is 0. The zero-order valence-corrected chi connectivity index (χ0v) is 9.88. The summed E-state index contributed by atoms with van der Waals surface area (Å²) in [6.07, 6.45) is -0.443. The average molecular weight is 200 g/mol. The van der Waals surface area contributed by atoms with Crippen molar-refractivity contribution in [3.8, 4) is 0 Å². The topological polar surface area (TPSA) is 35.5 Å². The Morgan fingerprint density at radius 1 is 1.29 bits per heavy atom. The number of ether oxygens (including phenoxy) is 2. The van der Waals surface area contributed by atoms with Crippen LogP contribution in [-0.4, -0.2) is 17.9 Å². The second-order valence-electron chi connectivity index (χ2n) is 5.58. The Hall–Kier alpha value is -0.570. The second-order valence-corrected chi connectivity index (χ2v) is 5.58. The molecule has 1 heterocycles. The van der Waals surface area contributed by atoms with E-state index in [0.717, 1.165) is 0 Å². The first kappa shape index (κ1) is 11.5. The van der Waals surface area contributed by atoms with Crippen LogP contribution in [0.25, 0.3) is 0 Å². The minimum Gasteiger partial charge on any atom is -0.435 e. The lowest BCUT2D eigenvalue weighted by molar-refractivity contribution is -0.279. The van der Waals surface area contributed by atoms with Gasteiger partial charge in [0.05, 0.1) is 11.5 Å². The van der Waals surface area contributed by atoms with Gasteiger partial charge >= 0.3 is 5.97 Å². The normalized spacial score (nSPS) is 32.6. The fraction of sp³-hybridized carbons (Fsp3) is 0.909. The first-order chi connectivity index (χ1) is 6.14. The number of cyclic esters (lactones) is 1. The minimum absolute atomic E-state index is 0.166. The molecule has 0 saturated carbocycles. The largest absolute Gasteiger partial charge is 0.435 e. The summed E-state index contributed by atoms with van der Waals surface area (Å²) in [4.78, 5) is 11.6. The molecule has 1 fully saturated rings. The molecule has 0 aliphatic carbocycles. The summed E-state index contributed by atoms with van der Waals surface area (Å²) >= 11 is 0. The van der Waals surface area contributed by atoms with Crippen LogP contribution in [0.5, 0.6) is 0 Å². The first-order valence-corrected chi connectivity index (χ1v) is 5.03. The highest BCUT2D eigenvalue weighted by atomic mass is 16.7. The van der Waals surface area contributed by atoms with E-state index in [1.807, 2.05) is 41.5 Å². The summed E-state index contributed by atoms with van der Waals surface area (Å²) in [5.41, 5.74) is -0.611. The molecule has 1 rings (SSSR count). The Morgan fingerprint density at radius 2 is 1.79 bits per heavy atom. The Bertz CT molecular complexity index is 237. The van der Waals surface area contributed by atoms with Crippen molar-refractivity contribution >= 4 is 5.97 Å². The minimum atomic E-state index is -0.443. The van der Waals surface area contributed by atoms with Crippen molar-refractivity contribution in [1.82, 2.24) is 0 Å². The molecule has 2 atom stereocenters. The highest BCUT2D eigenvalue weighted by Crippen LogP contribution is 2.36. The van der Waals surface area contributed by atoms with Gasteiger partial charge in [0, 0.05) is 5.41 Å². The van der Waals surface area contributed by atoms with Crippen LogP contribution in [0.4, 0.5) is 0 Å². The molecule has 0 bridgehead atoms. The maximum absolute atomic E-state index is 11.6. The molecular formula is C11H20O3. The molecule has 3 heteroatoms. The van der Waals surface area contributed by atoms with Crippen molar-refractivity contribution in [1.29, 1.82) is 0 Å². The van der Waals surface area contributed by atoms with Crippen molar-refractivity contribution in [2.75, 3.05) is 0 Å². The summed E-state index contributed by atoms with van der Waals surface area (Å²) in [6, 6.07) is 0. The van der Waals surface area contributed by atoms with Crippen molar-refractivity contribution in [3.05, 3.63) is 0 Å². The number of hydrogen-bond acceptors (Lipinski definition) is 3. The zero-order valence-electron chi connectivity index (χ0n) is 9.88. The van der Waals surface area contributed by atoms with Crippen LogP contribution in [0.1, 0.15) is 41.5 Å². The summed E-state index contributed by atoms with van der Waals surface area (Å²) in [5.74, 6) is -0.373.